The number of halogens is 2. The Morgan fingerprint density at radius 2 is 1.93 bits per heavy atom. The quantitative estimate of drug-likeness (QED) is 0.615. The second kappa shape index (κ2) is 8.04. The van der Waals surface area contributed by atoms with Gasteiger partial charge in [-0.3, -0.25) is 4.79 Å². The third-order valence-electron chi connectivity index (χ3n) is 4.04. The smallest absolute Gasteiger partial charge is 0.253 e. The number of amides is 1. The summed E-state index contributed by atoms with van der Waals surface area (Å²) < 4.78 is 1.68. The number of benzene rings is 1. The first-order valence-corrected chi connectivity index (χ1v) is 10.0. The predicted octanol–water partition coefficient (Wildman–Crippen LogP) is 4.41. The molecule has 2 aromatic heterocycles. The Kier molecular flexibility index (Phi) is 5.93. The van der Waals surface area contributed by atoms with Crippen molar-refractivity contribution < 1.29 is 4.79 Å². The van der Waals surface area contributed by atoms with Crippen LogP contribution in [0.15, 0.2) is 29.4 Å². The van der Waals surface area contributed by atoms with Crippen molar-refractivity contribution in [3.63, 3.8) is 0 Å². The van der Waals surface area contributed by atoms with E-state index in [0.717, 1.165) is 17.0 Å². The van der Waals surface area contributed by atoms with Crippen LogP contribution in [0.1, 0.15) is 36.8 Å². The van der Waals surface area contributed by atoms with Gasteiger partial charge in [-0.2, -0.15) is 4.98 Å². The summed E-state index contributed by atoms with van der Waals surface area (Å²) >= 11 is 13.4. The Morgan fingerprint density at radius 1 is 1.19 bits per heavy atom. The molecule has 142 valence electrons. The summed E-state index contributed by atoms with van der Waals surface area (Å²) in [7, 11) is 0. The summed E-state index contributed by atoms with van der Waals surface area (Å²) in [6.45, 7) is 7.55. The monoisotopic (exact) mass is 423 g/mol. The molecule has 0 fully saturated rings. The van der Waals surface area contributed by atoms with Gasteiger partial charge in [0.05, 0.1) is 11.3 Å². The van der Waals surface area contributed by atoms with E-state index in [9.17, 15) is 4.79 Å². The SMILES string of the molecule is Cc1cc(C)n2nc(SC(C)C(=O)NC(C)c3ccc(Cl)cc3Cl)nc2n1. The van der Waals surface area contributed by atoms with Crippen LogP contribution in [0, 0.1) is 13.8 Å². The summed E-state index contributed by atoms with van der Waals surface area (Å²) in [6, 6.07) is 6.92. The lowest BCUT2D eigenvalue weighted by atomic mass is 10.1. The van der Waals surface area contributed by atoms with Crippen LogP contribution in [0.25, 0.3) is 5.78 Å². The number of nitrogens with zero attached hydrogens (tertiary/aromatic N) is 4. The van der Waals surface area contributed by atoms with Crippen molar-refractivity contribution in [1.82, 2.24) is 24.9 Å². The van der Waals surface area contributed by atoms with Gasteiger partial charge in [0.25, 0.3) is 5.78 Å². The van der Waals surface area contributed by atoms with Crippen molar-refractivity contribution >= 4 is 46.6 Å². The lowest BCUT2D eigenvalue weighted by Gasteiger charge is -2.18. The van der Waals surface area contributed by atoms with Crippen molar-refractivity contribution in [2.24, 2.45) is 0 Å². The number of fused-ring (bicyclic) bond motifs is 1. The molecule has 6 nitrogen and oxygen atoms in total. The molecule has 1 N–H and O–H groups in total. The van der Waals surface area contributed by atoms with Gasteiger partial charge in [-0.15, -0.1) is 5.10 Å². The normalized spacial score (nSPS) is 13.6. The molecule has 0 aliphatic carbocycles. The zero-order chi connectivity index (χ0) is 19.7. The Balaban J connectivity index is 1.69. The summed E-state index contributed by atoms with van der Waals surface area (Å²) in [5.74, 6) is 0.405. The third-order valence-corrected chi connectivity index (χ3v) is 5.55. The Morgan fingerprint density at radius 3 is 2.63 bits per heavy atom. The van der Waals surface area contributed by atoms with E-state index in [1.807, 2.05) is 39.8 Å². The second-order valence-corrected chi connectivity index (χ2v) is 8.45. The zero-order valence-electron chi connectivity index (χ0n) is 15.3. The van der Waals surface area contributed by atoms with Gasteiger partial charge in [-0.25, -0.2) is 9.50 Å². The fraction of sp³-hybridized carbons (Fsp3) is 0.333. The molecular weight excluding hydrogens is 405 g/mol. The standard InChI is InChI=1S/C18H19Cl2N5OS/c1-9-7-10(2)25-17(21-9)23-18(24-25)27-12(4)16(26)22-11(3)14-6-5-13(19)8-15(14)20/h5-8,11-12H,1-4H3,(H,22,26). The van der Waals surface area contributed by atoms with Gasteiger partial charge >= 0.3 is 0 Å². The predicted molar refractivity (Wildman–Crippen MR) is 109 cm³/mol. The second-order valence-electron chi connectivity index (χ2n) is 6.30. The zero-order valence-corrected chi connectivity index (χ0v) is 17.7. The average molecular weight is 424 g/mol. The van der Waals surface area contributed by atoms with Crippen LogP contribution in [0.4, 0.5) is 0 Å². The molecule has 2 heterocycles. The highest BCUT2D eigenvalue weighted by Gasteiger charge is 2.21. The maximum Gasteiger partial charge on any atom is 0.253 e. The summed E-state index contributed by atoms with van der Waals surface area (Å²) in [5.41, 5.74) is 2.64. The average Bonchev–Trinajstić information content (AvgIpc) is 2.97. The maximum atomic E-state index is 12.6. The minimum Gasteiger partial charge on any atom is -0.349 e. The van der Waals surface area contributed by atoms with E-state index < -0.39 is 0 Å². The van der Waals surface area contributed by atoms with Gasteiger partial charge in [0.2, 0.25) is 11.1 Å². The largest absolute Gasteiger partial charge is 0.349 e. The minimum atomic E-state index is -0.377. The first-order chi connectivity index (χ1) is 12.7. The number of aryl methyl sites for hydroxylation is 2. The van der Waals surface area contributed by atoms with Crippen molar-refractivity contribution in [2.45, 2.75) is 44.1 Å². The summed E-state index contributed by atoms with van der Waals surface area (Å²) in [5, 5.41) is 8.61. The molecule has 2 atom stereocenters. The molecule has 0 saturated carbocycles. The molecule has 1 amide bonds. The molecular formula is C18H19Cl2N5OS. The Hall–Kier alpha value is -1.83. The summed E-state index contributed by atoms with van der Waals surface area (Å²) in [4.78, 5) is 21.3. The van der Waals surface area contributed by atoms with Crippen LogP contribution < -0.4 is 5.32 Å². The third kappa shape index (κ3) is 4.54. The van der Waals surface area contributed by atoms with Crippen LogP contribution in [-0.2, 0) is 4.79 Å². The molecule has 3 rings (SSSR count). The number of carbonyl (C=O) groups excluding carboxylic acids is 1. The van der Waals surface area contributed by atoms with Gasteiger partial charge in [0, 0.05) is 21.4 Å². The van der Waals surface area contributed by atoms with Gasteiger partial charge in [0.1, 0.15) is 0 Å². The van der Waals surface area contributed by atoms with Crippen molar-refractivity contribution in [3.05, 3.63) is 51.3 Å². The van der Waals surface area contributed by atoms with E-state index in [2.05, 4.69) is 20.4 Å². The van der Waals surface area contributed by atoms with Crippen LogP contribution in [0.5, 0.6) is 0 Å². The highest BCUT2D eigenvalue weighted by molar-refractivity contribution is 8.00. The molecule has 0 spiro atoms. The number of hydrogen-bond donors (Lipinski definition) is 1. The lowest BCUT2D eigenvalue weighted by molar-refractivity contribution is -0.120. The first kappa shape index (κ1) is 19.9. The number of nitrogens with one attached hydrogen (secondary N) is 1. The van der Waals surface area contributed by atoms with Gasteiger partial charge < -0.3 is 5.32 Å². The van der Waals surface area contributed by atoms with Crippen molar-refractivity contribution in [3.8, 4) is 0 Å². The van der Waals surface area contributed by atoms with E-state index in [4.69, 9.17) is 23.2 Å². The molecule has 0 aliphatic rings. The molecule has 0 saturated heterocycles. The molecule has 0 bridgehead atoms. The first-order valence-electron chi connectivity index (χ1n) is 8.37. The van der Waals surface area contributed by atoms with Gasteiger partial charge in [-0.05, 0) is 51.5 Å². The molecule has 0 aliphatic heterocycles. The highest BCUT2D eigenvalue weighted by atomic mass is 35.5. The van der Waals surface area contributed by atoms with E-state index in [0.29, 0.717) is 21.0 Å². The van der Waals surface area contributed by atoms with Gasteiger partial charge in [0.15, 0.2) is 0 Å². The maximum absolute atomic E-state index is 12.6. The molecule has 2 unspecified atom stereocenters. The van der Waals surface area contributed by atoms with E-state index in [1.54, 1.807) is 16.6 Å². The minimum absolute atomic E-state index is 0.127. The fourth-order valence-electron chi connectivity index (χ4n) is 2.67. The topological polar surface area (TPSA) is 72.2 Å². The molecule has 3 aromatic rings. The lowest BCUT2D eigenvalue weighted by Crippen LogP contribution is -2.33. The number of aromatic nitrogens is 4. The molecule has 27 heavy (non-hydrogen) atoms. The molecule has 1 aromatic carbocycles. The van der Waals surface area contributed by atoms with Crippen LogP contribution in [0.3, 0.4) is 0 Å². The van der Waals surface area contributed by atoms with Crippen LogP contribution in [-0.4, -0.2) is 30.7 Å². The van der Waals surface area contributed by atoms with E-state index in [-0.39, 0.29) is 17.2 Å². The van der Waals surface area contributed by atoms with Crippen LogP contribution in [0.2, 0.25) is 10.0 Å². The highest BCUT2D eigenvalue weighted by Crippen LogP contribution is 2.27. The number of carbonyl (C=O) groups is 1. The van der Waals surface area contributed by atoms with E-state index in [1.165, 1.54) is 11.8 Å². The molecule has 0 radical (unpaired) electrons. The van der Waals surface area contributed by atoms with Crippen molar-refractivity contribution in [2.75, 3.05) is 0 Å². The number of rotatable bonds is 5. The Bertz CT molecular complexity index is 1010. The van der Waals surface area contributed by atoms with Gasteiger partial charge in [-0.1, -0.05) is 41.0 Å². The fourth-order valence-corrected chi connectivity index (χ4v) is 4.00. The summed E-state index contributed by atoms with van der Waals surface area (Å²) in [6.07, 6.45) is 0. The van der Waals surface area contributed by atoms with E-state index >= 15 is 0 Å². The van der Waals surface area contributed by atoms with Crippen molar-refractivity contribution in [1.29, 1.82) is 0 Å². The number of hydrogen-bond acceptors (Lipinski definition) is 5. The Labute approximate surface area is 171 Å². The number of thioether (sulfide) groups is 1. The molecule has 9 heteroatoms. The van der Waals surface area contributed by atoms with Crippen LogP contribution >= 0.6 is 35.0 Å².